The van der Waals surface area contributed by atoms with Crippen molar-refractivity contribution in [1.82, 2.24) is 5.32 Å². The van der Waals surface area contributed by atoms with Gasteiger partial charge in [-0.15, -0.1) is 0 Å². The van der Waals surface area contributed by atoms with E-state index in [4.69, 9.17) is 4.42 Å². The van der Waals surface area contributed by atoms with Gasteiger partial charge in [0.2, 0.25) is 0 Å². The summed E-state index contributed by atoms with van der Waals surface area (Å²) in [5.41, 5.74) is 2.70. The predicted octanol–water partition coefficient (Wildman–Crippen LogP) is 4.59. The zero-order valence-electron chi connectivity index (χ0n) is 15.4. The Labute approximate surface area is 158 Å². The summed E-state index contributed by atoms with van der Waals surface area (Å²) in [6.07, 6.45) is 1.56. The monoisotopic (exact) mass is 362 g/mol. The average molecular weight is 362 g/mol. The first kappa shape index (κ1) is 18.5. The van der Waals surface area contributed by atoms with Crippen LogP contribution in [0.4, 0.5) is 5.69 Å². The number of carbonyl (C=O) groups excluding carboxylic acids is 2. The Kier molecular flexibility index (Phi) is 5.71. The van der Waals surface area contributed by atoms with E-state index in [1.165, 1.54) is 0 Å². The summed E-state index contributed by atoms with van der Waals surface area (Å²) in [4.78, 5) is 25.0. The van der Waals surface area contributed by atoms with Gasteiger partial charge in [-0.05, 0) is 47.9 Å². The smallest absolute Gasteiger partial charge is 0.255 e. The van der Waals surface area contributed by atoms with Gasteiger partial charge in [-0.3, -0.25) is 9.59 Å². The van der Waals surface area contributed by atoms with Crippen molar-refractivity contribution in [3.8, 4) is 0 Å². The lowest BCUT2D eigenvalue weighted by Gasteiger charge is -2.14. The molecule has 2 amide bonds. The van der Waals surface area contributed by atoms with Gasteiger partial charge >= 0.3 is 0 Å². The highest BCUT2D eigenvalue weighted by molar-refractivity contribution is 6.06. The Morgan fingerprint density at radius 2 is 1.67 bits per heavy atom. The van der Waals surface area contributed by atoms with Crippen molar-refractivity contribution in [1.29, 1.82) is 0 Å². The fourth-order valence-corrected chi connectivity index (χ4v) is 2.79. The number of rotatable bonds is 6. The lowest BCUT2D eigenvalue weighted by atomic mass is 10.0. The Bertz CT molecular complexity index is 930. The van der Waals surface area contributed by atoms with Crippen LogP contribution in [0.1, 0.15) is 51.8 Å². The number of para-hydroxylation sites is 1. The molecule has 0 saturated heterocycles. The van der Waals surface area contributed by atoms with E-state index in [2.05, 4.69) is 24.5 Å². The predicted molar refractivity (Wildman–Crippen MR) is 105 cm³/mol. The molecule has 27 heavy (non-hydrogen) atoms. The quantitative estimate of drug-likeness (QED) is 0.674. The van der Waals surface area contributed by atoms with Gasteiger partial charge in [0.1, 0.15) is 5.76 Å². The zero-order valence-corrected chi connectivity index (χ0v) is 15.4. The highest BCUT2D eigenvalue weighted by atomic mass is 16.3. The molecular weight excluding hydrogens is 340 g/mol. The molecule has 0 bridgehead atoms. The standard InChI is InChI=1S/C22H22N2O3/c1-15(2)19-10-3-4-11-20(19)24-22(26)17-8-5-7-16(13-17)21(25)23-14-18-9-6-12-27-18/h3-13,15H,14H2,1-2H3,(H,23,25)(H,24,26). The highest BCUT2D eigenvalue weighted by Gasteiger charge is 2.13. The first-order valence-corrected chi connectivity index (χ1v) is 8.85. The van der Waals surface area contributed by atoms with Gasteiger partial charge in [0.15, 0.2) is 0 Å². The minimum atomic E-state index is -0.261. The lowest BCUT2D eigenvalue weighted by Crippen LogP contribution is -2.23. The fourth-order valence-electron chi connectivity index (χ4n) is 2.79. The Balaban J connectivity index is 1.71. The molecule has 5 heteroatoms. The number of anilines is 1. The van der Waals surface area contributed by atoms with E-state index in [0.29, 0.717) is 29.3 Å². The number of hydrogen-bond donors (Lipinski definition) is 2. The van der Waals surface area contributed by atoms with Crippen LogP contribution < -0.4 is 10.6 Å². The maximum atomic E-state index is 12.7. The first-order chi connectivity index (χ1) is 13.0. The SMILES string of the molecule is CC(C)c1ccccc1NC(=O)c1cccc(C(=O)NCc2ccco2)c1. The van der Waals surface area contributed by atoms with Crippen molar-refractivity contribution < 1.29 is 14.0 Å². The molecule has 0 unspecified atom stereocenters. The molecule has 3 rings (SSSR count). The van der Waals surface area contributed by atoms with Crippen LogP contribution >= 0.6 is 0 Å². The highest BCUT2D eigenvalue weighted by Crippen LogP contribution is 2.24. The van der Waals surface area contributed by atoms with Crippen molar-refractivity contribution in [2.24, 2.45) is 0 Å². The van der Waals surface area contributed by atoms with Crippen LogP contribution in [0.3, 0.4) is 0 Å². The van der Waals surface area contributed by atoms with Crippen molar-refractivity contribution in [2.45, 2.75) is 26.3 Å². The van der Waals surface area contributed by atoms with Gasteiger partial charge in [0, 0.05) is 16.8 Å². The minimum absolute atomic E-state index is 0.246. The van der Waals surface area contributed by atoms with Gasteiger partial charge in [-0.1, -0.05) is 38.1 Å². The van der Waals surface area contributed by atoms with E-state index in [1.807, 2.05) is 24.3 Å². The molecule has 1 heterocycles. The van der Waals surface area contributed by atoms with E-state index in [9.17, 15) is 9.59 Å². The maximum absolute atomic E-state index is 12.7. The molecule has 0 aliphatic heterocycles. The number of hydrogen-bond acceptors (Lipinski definition) is 3. The molecular formula is C22H22N2O3. The number of furan rings is 1. The Morgan fingerprint density at radius 1 is 0.926 bits per heavy atom. The molecule has 138 valence electrons. The summed E-state index contributed by atoms with van der Waals surface area (Å²) in [5.74, 6) is 0.454. The second-order valence-corrected chi connectivity index (χ2v) is 6.54. The second-order valence-electron chi connectivity index (χ2n) is 6.54. The summed E-state index contributed by atoms with van der Waals surface area (Å²) in [6.45, 7) is 4.45. The van der Waals surface area contributed by atoms with Crippen LogP contribution in [0.15, 0.2) is 71.3 Å². The largest absolute Gasteiger partial charge is 0.467 e. The fraction of sp³-hybridized carbons (Fsp3) is 0.182. The van der Waals surface area contributed by atoms with Crippen LogP contribution in [0.25, 0.3) is 0 Å². The number of nitrogens with one attached hydrogen (secondary N) is 2. The van der Waals surface area contributed by atoms with E-state index >= 15 is 0 Å². The van der Waals surface area contributed by atoms with Crippen molar-refractivity contribution in [3.63, 3.8) is 0 Å². The molecule has 0 spiro atoms. The van der Waals surface area contributed by atoms with Crippen LogP contribution in [-0.2, 0) is 6.54 Å². The molecule has 2 N–H and O–H groups in total. The number of benzene rings is 2. The summed E-state index contributed by atoms with van der Waals surface area (Å²) in [6, 6.07) is 17.9. The van der Waals surface area contributed by atoms with Gasteiger partial charge in [-0.25, -0.2) is 0 Å². The van der Waals surface area contributed by atoms with Gasteiger partial charge < -0.3 is 15.1 Å². The third-order valence-corrected chi connectivity index (χ3v) is 4.22. The summed E-state index contributed by atoms with van der Waals surface area (Å²) < 4.78 is 5.20. The zero-order chi connectivity index (χ0) is 19.2. The van der Waals surface area contributed by atoms with Gasteiger partial charge in [0.05, 0.1) is 12.8 Å². The molecule has 0 aliphatic carbocycles. The molecule has 2 aromatic carbocycles. The molecule has 0 saturated carbocycles. The van der Waals surface area contributed by atoms with Crippen molar-refractivity contribution in [2.75, 3.05) is 5.32 Å². The van der Waals surface area contributed by atoms with Gasteiger partial charge in [-0.2, -0.15) is 0 Å². The Hall–Kier alpha value is -3.34. The van der Waals surface area contributed by atoms with E-state index in [1.54, 1.807) is 42.7 Å². The topological polar surface area (TPSA) is 71.3 Å². The molecule has 1 aromatic heterocycles. The average Bonchev–Trinajstić information content (AvgIpc) is 3.20. The first-order valence-electron chi connectivity index (χ1n) is 8.85. The molecule has 0 aliphatic rings. The second kappa shape index (κ2) is 8.36. The van der Waals surface area contributed by atoms with Crippen LogP contribution in [0.5, 0.6) is 0 Å². The normalized spacial score (nSPS) is 10.6. The minimum Gasteiger partial charge on any atom is -0.467 e. The van der Waals surface area contributed by atoms with Crippen LogP contribution in [0.2, 0.25) is 0 Å². The summed E-state index contributed by atoms with van der Waals surface area (Å²) in [5, 5.41) is 5.72. The molecule has 0 fully saturated rings. The van der Waals surface area contributed by atoms with Crippen molar-refractivity contribution >= 4 is 17.5 Å². The van der Waals surface area contributed by atoms with Crippen LogP contribution in [0, 0.1) is 0 Å². The van der Waals surface area contributed by atoms with E-state index < -0.39 is 0 Å². The summed E-state index contributed by atoms with van der Waals surface area (Å²) in [7, 11) is 0. The molecule has 3 aromatic rings. The van der Waals surface area contributed by atoms with Crippen molar-refractivity contribution in [3.05, 3.63) is 89.4 Å². The maximum Gasteiger partial charge on any atom is 0.255 e. The third kappa shape index (κ3) is 4.64. The van der Waals surface area contributed by atoms with Crippen LogP contribution in [-0.4, -0.2) is 11.8 Å². The number of amides is 2. The Morgan fingerprint density at radius 3 is 2.37 bits per heavy atom. The van der Waals surface area contributed by atoms with E-state index in [0.717, 1.165) is 11.3 Å². The third-order valence-electron chi connectivity index (χ3n) is 4.22. The van der Waals surface area contributed by atoms with Gasteiger partial charge in [0.25, 0.3) is 11.8 Å². The molecule has 5 nitrogen and oxygen atoms in total. The van der Waals surface area contributed by atoms with E-state index in [-0.39, 0.29) is 11.8 Å². The molecule has 0 radical (unpaired) electrons. The summed E-state index contributed by atoms with van der Waals surface area (Å²) >= 11 is 0. The lowest BCUT2D eigenvalue weighted by molar-refractivity contribution is 0.0948. The molecule has 0 atom stereocenters. The number of carbonyl (C=O) groups is 2.